The van der Waals surface area contributed by atoms with Gasteiger partial charge in [-0.2, -0.15) is 0 Å². The van der Waals surface area contributed by atoms with E-state index in [2.05, 4.69) is 148 Å². The number of pyridine rings is 1. The molecule has 0 amide bonds. The molecule has 5 heterocycles. The molecule has 4 aromatic carbocycles. The topological polar surface area (TPSA) is 38.4 Å². The minimum atomic E-state index is -0.150. The summed E-state index contributed by atoms with van der Waals surface area (Å²) in [4.78, 5) is 13.1. The van der Waals surface area contributed by atoms with Gasteiger partial charge in [-0.3, -0.25) is 4.68 Å². The monoisotopic (exact) mass is 527 g/mol. The van der Waals surface area contributed by atoms with Gasteiger partial charge in [0.1, 0.15) is 12.0 Å². The van der Waals surface area contributed by atoms with Crippen LogP contribution in [0.25, 0.3) is 39.1 Å². The van der Waals surface area contributed by atoms with Gasteiger partial charge in [-0.05, 0) is 42.0 Å². The van der Waals surface area contributed by atoms with E-state index < -0.39 is 0 Å². The SMILES string of the molecule is C1=c2c(n(-n3ccc4ccccc43)c3ccccc23)=NC2C1c1ccccc1N2c1cccc(-c2ccccc2)n1. The zero-order chi connectivity index (χ0) is 26.9. The summed E-state index contributed by atoms with van der Waals surface area (Å²) >= 11 is 0. The van der Waals surface area contributed by atoms with Gasteiger partial charge in [0.15, 0.2) is 5.49 Å². The lowest BCUT2D eigenvalue weighted by molar-refractivity contribution is 0.598. The summed E-state index contributed by atoms with van der Waals surface area (Å²) in [6, 6.07) is 44.6. The Morgan fingerprint density at radius 2 is 1.41 bits per heavy atom. The molecule has 41 heavy (non-hydrogen) atoms. The van der Waals surface area contributed by atoms with Crippen LogP contribution >= 0.6 is 0 Å². The van der Waals surface area contributed by atoms with Gasteiger partial charge in [-0.15, -0.1) is 0 Å². The Balaban J connectivity index is 1.31. The van der Waals surface area contributed by atoms with Crippen LogP contribution in [0.4, 0.5) is 11.5 Å². The molecule has 0 N–H and O–H groups in total. The molecule has 0 radical (unpaired) electrons. The zero-order valence-corrected chi connectivity index (χ0v) is 22.2. The number of fused-ring (bicyclic) bond motifs is 7. The molecule has 0 aliphatic carbocycles. The fraction of sp³-hybridized carbons (Fsp3) is 0.0556. The number of benzene rings is 4. The Morgan fingerprint density at radius 3 is 2.34 bits per heavy atom. The molecule has 5 nitrogen and oxygen atoms in total. The number of nitrogens with zero attached hydrogens (tertiary/aromatic N) is 5. The molecule has 0 fully saturated rings. The Hall–Kier alpha value is -5.42. The van der Waals surface area contributed by atoms with Crippen molar-refractivity contribution in [2.75, 3.05) is 4.90 Å². The minimum Gasteiger partial charge on any atom is -0.302 e. The van der Waals surface area contributed by atoms with Crippen LogP contribution in [0.3, 0.4) is 0 Å². The maximum Gasteiger partial charge on any atom is 0.157 e. The van der Waals surface area contributed by atoms with E-state index in [1.165, 1.54) is 21.6 Å². The first-order chi connectivity index (χ1) is 20.3. The molecule has 7 aromatic rings. The molecule has 9 rings (SSSR count). The quantitative estimate of drug-likeness (QED) is 0.258. The molecule has 194 valence electrons. The number of para-hydroxylation sites is 3. The molecule has 0 saturated heterocycles. The lowest BCUT2D eigenvalue weighted by atomic mass is 9.96. The highest BCUT2D eigenvalue weighted by molar-refractivity contribution is 5.85. The predicted molar refractivity (Wildman–Crippen MR) is 165 cm³/mol. The molecule has 2 atom stereocenters. The van der Waals surface area contributed by atoms with Crippen LogP contribution in [-0.4, -0.2) is 20.5 Å². The van der Waals surface area contributed by atoms with Crippen molar-refractivity contribution in [2.24, 2.45) is 4.99 Å². The third-order valence-electron chi connectivity index (χ3n) is 8.45. The second kappa shape index (κ2) is 8.54. The standard InChI is InChI=1S/C36H25N5/c1-2-11-24(12-3-1)30-16-10-20-34(37-30)40-32-18-8-5-14-26(32)28-23-29-27-15-6-9-19-33(27)41(36(29)38-35(28)40)39-22-21-25-13-4-7-17-31(25)39/h1-23,28,35H. The van der Waals surface area contributed by atoms with Crippen molar-refractivity contribution < 1.29 is 0 Å². The van der Waals surface area contributed by atoms with E-state index in [0.29, 0.717) is 0 Å². The number of hydrogen-bond acceptors (Lipinski definition) is 3. The summed E-state index contributed by atoms with van der Waals surface area (Å²) in [7, 11) is 0. The van der Waals surface area contributed by atoms with Gasteiger partial charge in [0.2, 0.25) is 0 Å². The van der Waals surface area contributed by atoms with E-state index in [4.69, 9.17) is 9.98 Å². The minimum absolute atomic E-state index is 0.113. The van der Waals surface area contributed by atoms with Crippen molar-refractivity contribution in [3.8, 4) is 11.3 Å². The van der Waals surface area contributed by atoms with Crippen LogP contribution in [0.1, 0.15) is 11.5 Å². The smallest absolute Gasteiger partial charge is 0.157 e. The van der Waals surface area contributed by atoms with Crippen LogP contribution in [0.15, 0.2) is 139 Å². The van der Waals surface area contributed by atoms with Crippen molar-refractivity contribution in [3.63, 3.8) is 0 Å². The van der Waals surface area contributed by atoms with Crippen molar-refractivity contribution >= 4 is 39.4 Å². The average Bonchev–Trinajstić information content (AvgIpc) is 3.70. The Morgan fingerprint density at radius 1 is 0.634 bits per heavy atom. The molecule has 2 aliphatic heterocycles. The molecule has 2 unspecified atom stereocenters. The average molecular weight is 528 g/mol. The molecular weight excluding hydrogens is 502 g/mol. The fourth-order valence-corrected chi connectivity index (χ4v) is 6.64. The molecule has 0 saturated carbocycles. The van der Waals surface area contributed by atoms with Gasteiger partial charge in [0.05, 0.1) is 16.7 Å². The second-order valence-electron chi connectivity index (χ2n) is 10.7. The summed E-state index contributed by atoms with van der Waals surface area (Å²) in [5.74, 6) is 1.02. The van der Waals surface area contributed by atoms with E-state index in [9.17, 15) is 0 Å². The molecule has 3 aromatic heterocycles. The fourth-order valence-electron chi connectivity index (χ4n) is 6.64. The van der Waals surface area contributed by atoms with E-state index in [0.717, 1.165) is 39.3 Å². The highest BCUT2D eigenvalue weighted by Crippen LogP contribution is 2.46. The third kappa shape index (κ3) is 3.23. The molecule has 0 bridgehead atoms. The predicted octanol–water partition coefficient (Wildman–Crippen LogP) is 6.64. The summed E-state index contributed by atoms with van der Waals surface area (Å²) in [6.07, 6.45) is 4.42. The highest BCUT2D eigenvalue weighted by Gasteiger charge is 2.40. The first kappa shape index (κ1) is 22.4. The van der Waals surface area contributed by atoms with Gasteiger partial charge in [-0.25, -0.2) is 14.7 Å². The maximum absolute atomic E-state index is 5.58. The summed E-state index contributed by atoms with van der Waals surface area (Å²) < 4.78 is 4.50. The third-order valence-corrected chi connectivity index (χ3v) is 8.45. The van der Waals surface area contributed by atoms with Gasteiger partial charge >= 0.3 is 0 Å². The summed E-state index contributed by atoms with van der Waals surface area (Å²) in [5.41, 5.74) is 7.76. The first-order valence-electron chi connectivity index (χ1n) is 14.0. The number of rotatable bonds is 3. The van der Waals surface area contributed by atoms with Crippen molar-refractivity contribution in [3.05, 3.63) is 150 Å². The van der Waals surface area contributed by atoms with Crippen LogP contribution in [0.2, 0.25) is 0 Å². The summed E-state index contributed by atoms with van der Waals surface area (Å²) in [6.45, 7) is 0. The van der Waals surface area contributed by atoms with Crippen molar-refractivity contribution in [2.45, 2.75) is 12.1 Å². The first-order valence-corrected chi connectivity index (χ1v) is 14.0. The number of anilines is 2. The van der Waals surface area contributed by atoms with Gasteiger partial charge < -0.3 is 4.90 Å². The Labute approximate surface area is 236 Å². The van der Waals surface area contributed by atoms with Gasteiger partial charge in [0.25, 0.3) is 0 Å². The van der Waals surface area contributed by atoms with Crippen LogP contribution < -0.4 is 15.6 Å². The Kier molecular flexibility index (Phi) is 4.66. The number of hydrogen-bond donors (Lipinski definition) is 0. The summed E-state index contributed by atoms with van der Waals surface area (Å²) in [5, 5.41) is 3.60. The van der Waals surface area contributed by atoms with E-state index in [1.54, 1.807) is 0 Å². The molecule has 2 aliphatic rings. The van der Waals surface area contributed by atoms with Gasteiger partial charge in [-0.1, -0.05) is 97.1 Å². The van der Waals surface area contributed by atoms with Crippen LogP contribution in [-0.2, 0) is 0 Å². The number of aromatic nitrogens is 3. The van der Waals surface area contributed by atoms with Crippen LogP contribution in [0, 0.1) is 0 Å². The molecule has 0 spiro atoms. The highest BCUT2D eigenvalue weighted by atomic mass is 15.5. The molecule has 5 heteroatoms. The normalized spacial score (nSPS) is 17.1. The van der Waals surface area contributed by atoms with Gasteiger partial charge in [0, 0.05) is 39.4 Å². The lowest BCUT2D eigenvalue weighted by Gasteiger charge is -2.27. The van der Waals surface area contributed by atoms with E-state index in [1.807, 2.05) is 6.07 Å². The largest absolute Gasteiger partial charge is 0.302 e. The van der Waals surface area contributed by atoms with Crippen molar-refractivity contribution in [1.82, 2.24) is 14.3 Å². The van der Waals surface area contributed by atoms with Crippen molar-refractivity contribution in [1.29, 1.82) is 0 Å². The van der Waals surface area contributed by atoms with E-state index in [-0.39, 0.29) is 12.1 Å². The van der Waals surface area contributed by atoms with Crippen LogP contribution in [0.5, 0.6) is 0 Å². The Bertz CT molecular complexity index is 2240. The van der Waals surface area contributed by atoms with E-state index >= 15 is 0 Å². The molecular formula is C36H25N5. The second-order valence-corrected chi connectivity index (χ2v) is 10.7. The lowest BCUT2D eigenvalue weighted by Crippen LogP contribution is -2.42. The zero-order valence-electron chi connectivity index (χ0n) is 22.2. The maximum atomic E-state index is 5.58.